The molecule has 0 saturated heterocycles. The van der Waals surface area contributed by atoms with Crippen LogP contribution in [0.4, 0.5) is 5.82 Å². The summed E-state index contributed by atoms with van der Waals surface area (Å²) in [5.41, 5.74) is 3.58. The van der Waals surface area contributed by atoms with Gasteiger partial charge in [-0.15, -0.1) is 0 Å². The Hall–Kier alpha value is -1.91. The maximum atomic E-state index is 4.41. The summed E-state index contributed by atoms with van der Waals surface area (Å²) in [6.45, 7) is 0.726. The number of aromatic nitrogens is 4. The molecule has 0 spiro atoms. The van der Waals surface area contributed by atoms with Gasteiger partial charge in [0, 0.05) is 17.5 Å². The average molecular weight is 243 g/mol. The molecule has 0 bridgehead atoms. The Kier molecular flexibility index (Phi) is 3.21. The van der Waals surface area contributed by atoms with E-state index in [0.717, 1.165) is 30.9 Å². The molecule has 0 saturated carbocycles. The molecule has 2 heterocycles. The zero-order chi connectivity index (χ0) is 12.2. The summed E-state index contributed by atoms with van der Waals surface area (Å²) in [4.78, 5) is 15.9. The first kappa shape index (κ1) is 11.2. The third-order valence-corrected chi connectivity index (χ3v) is 3.38. The van der Waals surface area contributed by atoms with Crippen LogP contribution < -0.4 is 5.32 Å². The van der Waals surface area contributed by atoms with Crippen molar-refractivity contribution in [3.8, 4) is 0 Å². The van der Waals surface area contributed by atoms with Crippen LogP contribution in [0, 0.1) is 0 Å². The topological polar surface area (TPSA) is 66.5 Å². The summed E-state index contributed by atoms with van der Waals surface area (Å²) < 4.78 is 0. The van der Waals surface area contributed by atoms with E-state index in [2.05, 4.69) is 25.3 Å². The van der Waals surface area contributed by atoms with E-state index in [4.69, 9.17) is 0 Å². The van der Waals surface area contributed by atoms with E-state index in [-0.39, 0.29) is 0 Å². The molecule has 2 aromatic heterocycles. The van der Waals surface area contributed by atoms with Crippen molar-refractivity contribution in [3.05, 3.63) is 35.8 Å². The minimum atomic E-state index is 0.726. The van der Waals surface area contributed by atoms with Crippen LogP contribution in [0.3, 0.4) is 0 Å². The Morgan fingerprint density at radius 2 is 2.11 bits per heavy atom. The molecule has 1 aliphatic carbocycles. The van der Waals surface area contributed by atoms with Gasteiger partial charge in [-0.1, -0.05) is 6.42 Å². The van der Waals surface area contributed by atoms with Crippen LogP contribution in [0.5, 0.6) is 0 Å². The summed E-state index contributed by atoms with van der Waals surface area (Å²) in [6.07, 6.45) is 11.1. The van der Waals surface area contributed by atoms with E-state index < -0.39 is 0 Å². The van der Waals surface area contributed by atoms with Crippen LogP contribution in [0.1, 0.15) is 36.2 Å². The molecule has 0 amide bonds. The lowest BCUT2D eigenvalue weighted by Crippen LogP contribution is -2.08. The molecule has 5 nitrogen and oxygen atoms in total. The van der Waals surface area contributed by atoms with Crippen molar-refractivity contribution >= 4 is 5.82 Å². The maximum Gasteiger partial charge on any atom is 0.133 e. The smallest absolute Gasteiger partial charge is 0.133 e. The molecule has 2 aromatic rings. The number of hydrogen-bond acceptors (Lipinski definition) is 4. The normalized spacial score (nSPS) is 14.9. The Morgan fingerprint density at radius 3 is 3.00 bits per heavy atom. The number of imidazole rings is 1. The molecule has 94 valence electrons. The highest BCUT2D eigenvalue weighted by molar-refractivity contribution is 5.46. The van der Waals surface area contributed by atoms with Gasteiger partial charge in [0.2, 0.25) is 0 Å². The lowest BCUT2D eigenvalue weighted by Gasteiger charge is -2.11. The van der Waals surface area contributed by atoms with Gasteiger partial charge in [0.15, 0.2) is 0 Å². The summed E-state index contributed by atoms with van der Waals surface area (Å²) in [6, 6.07) is 0. The molecule has 18 heavy (non-hydrogen) atoms. The minimum Gasteiger partial charge on any atom is -0.364 e. The molecule has 3 rings (SSSR count). The summed E-state index contributed by atoms with van der Waals surface area (Å²) >= 11 is 0. The lowest BCUT2D eigenvalue weighted by molar-refractivity contribution is 0.708. The first-order valence-corrected chi connectivity index (χ1v) is 6.47. The monoisotopic (exact) mass is 243 g/mol. The van der Waals surface area contributed by atoms with Gasteiger partial charge < -0.3 is 10.3 Å². The van der Waals surface area contributed by atoms with Crippen LogP contribution in [0.25, 0.3) is 0 Å². The van der Waals surface area contributed by atoms with Gasteiger partial charge in [-0.25, -0.2) is 15.0 Å². The predicted octanol–water partition coefficient (Wildman–Crippen LogP) is 2.08. The van der Waals surface area contributed by atoms with Crippen LogP contribution in [0.2, 0.25) is 0 Å². The number of nitrogens with one attached hydrogen (secondary N) is 2. The fourth-order valence-electron chi connectivity index (χ4n) is 2.41. The molecule has 2 N–H and O–H groups in total. The molecule has 0 aliphatic heterocycles. The van der Waals surface area contributed by atoms with Crippen molar-refractivity contribution in [3.63, 3.8) is 0 Å². The third-order valence-electron chi connectivity index (χ3n) is 3.38. The molecule has 5 heteroatoms. The molecular weight excluding hydrogens is 226 g/mol. The van der Waals surface area contributed by atoms with Crippen LogP contribution in [0.15, 0.2) is 18.9 Å². The minimum absolute atomic E-state index is 0.726. The number of hydrogen-bond donors (Lipinski definition) is 2. The molecule has 0 fully saturated rings. The number of nitrogens with zero attached hydrogens (tertiary/aromatic N) is 3. The fraction of sp³-hybridized carbons (Fsp3) is 0.462. The van der Waals surface area contributed by atoms with Gasteiger partial charge in [-0.2, -0.15) is 0 Å². The zero-order valence-electron chi connectivity index (χ0n) is 10.3. The third kappa shape index (κ3) is 2.34. The van der Waals surface area contributed by atoms with Crippen molar-refractivity contribution in [1.82, 2.24) is 19.9 Å². The van der Waals surface area contributed by atoms with E-state index in [9.17, 15) is 0 Å². The van der Waals surface area contributed by atoms with Crippen molar-refractivity contribution in [2.45, 2.75) is 38.6 Å². The summed E-state index contributed by atoms with van der Waals surface area (Å²) in [7, 11) is 0. The Morgan fingerprint density at radius 1 is 1.17 bits per heavy atom. The van der Waals surface area contributed by atoms with Gasteiger partial charge in [0.25, 0.3) is 0 Å². The van der Waals surface area contributed by atoms with E-state index in [1.54, 1.807) is 12.7 Å². The van der Waals surface area contributed by atoms with Crippen LogP contribution >= 0.6 is 0 Å². The molecule has 1 aliphatic rings. The van der Waals surface area contributed by atoms with Crippen molar-refractivity contribution in [2.24, 2.45) is 0 Å². The van der Waals surface area contributed by atoms with Crippen LogP contribution in [-0.4, -0.2) is 19.9 Å². The first-order chi connectivity index (χ1) is 8.93. The second-order valence-electron chi connectivity index (χ2n) is 4.64. The van der Waals surface area contributed by atoms with E-state index in [0.29, 0.717) is 0 Å². The molecule has 0 aromatic carbocycles. The first-order valence-electron chi connectivity index (χ1n) is 6.47. The van der Waals surface area contributed by atoms with Gasteiger partial charge in [0.05, 0.1) is 18.6 Å². The van der Waals surface area contributed by atoms with E-state index in [1.807, 2.05) is 6.20 Å². The highest BCUT2D eigenvalue weighted by Crippen LogP contribution is 2.23. The van der Waals surface area contributed by atoms with Crippen LogP contribution in [-0.2, 0) is 19.4 Å². The number of rotatable bonds is 3. The molecule has 0 unspecified atom stereocenters. The standard InChI is InChI=1S/C13H17N5/c1-2-4-11-12(5-3-1)17-9-18-13(11)15-7-10-6-14-8-16-10/h6,8-9H,1-5,7H2,(H,14,16)(H,15,17,18). The molecule has 0 atom stereocenters. The quantitative estimate of drug-likeness (QED) is 0.810. The number of anilines is 1. The second-order valence-corrected chi connectivity index (χ2v) is 4.64. The summed E-state index contributed by atoms with van der Waals surface area (Å²) in [5.74, 6) is 0.983. The SMILES string of the molecule is c1nc2c(c(NCc3cnc[nH]3)n1)CCCCC2. The zero-order valence-corrected chi connectivity index (χ0v) is 10.3. The highest BCUT2D eigenvalue weighted by Gasteiger charge is 2.13. The highest BCUT2D eigenvalue weighted by atomic mass is 15.0. The van der Waals surface area contributed by atoms with Gasteiger partial charge in [-0.3, -0.25) is 0 Å². The van der Waals surface area contributed by atoms with Gasteiger partial charge in [0.1, 0.15) is 12.1 Å². The summed E-state index contributed by atoms with van der Waals surface area (Å²) in [5, 5.41) is 3.38. The number of H-pyrrole nitrogens is 1. The van der Waals surface area contributed by atoms with Crippen molar-refractivity contribution in [2.75, 3.05) is 5.32 Å². The maximum absolute atomic E-state index is 4.41. The number of aryl methyl sites for hydroxylation is 1. The number of aromatic amines is 1. The fourth-order valence-corrected chi connectivity index (χ4v) is 2.41. The Labute approximate surface area is 106 Å². The van der Waals surface area contributed by atoms with E-state index in [1.165, 1.54) is 30.5 Å². The number of fused-ring (bicyclic) bond motifs is 1. The predicted molar refractivity (Wildman–Crippen MR) is 69.2 cm³/mol. The molecule has 0 radical (unpaired) electrons. The van der Waals surface area contributed by atoms with E-state index >= 15 is 0 Å². The largest absolute Gasteiger partial charge is 0.364 e. The van der Waals surface area contributed by atoms with Gasteiger partial charge >= 0.3 is 0 Å². The Balaban J connectivity index is 1.79. The lowest BCUT2D eigenvalue weighted by atomic mass is 10.1. The average Bonchev–Trinajstić information content (AvgIpc) is 2.79. The van der Waals surface area contributed by atoms with Crippen molar-refractivity contribution < 1.29 is 0 Å². The molecular formula is C13H17N5. The van der Waals surface area contributed by atoms with Gasteiger partial charge in [-0.05, 0) is 25.7 Å². The Bertz CT molecular complexity index is 506. The van der Waals surface area contributed by atoms with Crippen molar-refractivity contribution in [1.29, 1.82) is 0 Å². The second kappa shape index (κ2) is 5.16.